The van der Waals surface area contributed by atoms with E-state index in [1.807, 2.05) is 44.2 Å². The third kappa shape index (κ3) is 4.48. The van der Waals surface area contributed by atoms with Crippen LogP contribution in [0.2, 0.25) is 0 Å². The molecule has 21 heavy (non-hydrogen) atoms. The first-order valence-electron chi connectivity index (χ1n) is 7.47. The van der Waals surface area contributed by atoms with Crippen LogP contribution >= 0.6 is 0 Å². The van der Waals surface area contributed by atoms with Gasteiger partial charge in [0.1, 0.15) is 0 Å². The Morgan fingerprint density at radius 2 is 1.95 bits per heavy atom. The van der Waals surface area contributed by atoms with Crippen molar-refractivity contribution in [3.8, 4) is 0 Å². The van der Waals surface area contributed by atoms with Gasteiger partial charge >= 0.3 is 6.03 Å². The highest BCUT2D eigenvalue weighted by atomic mass is 16.2. The number of rotatable bonds is 3. The molecule has 1 aliphatic rings. The fourth-order valence-electron chi connectivity index (χ4n) is 2.48. The Kier molecular flexibility index (Phi) is 5.20. The molecular formula is C16H23N3O2. The van der Waals surface area contributed by atoms with Gasteiger partial charge in [-0.15, -0.1) is 0 Å². The van der Waals surface area contributed by atoms with Crippen molar-refractivity contribution >= 4 is 17.6 Å². The maximum Gasteiger partial charge on any atom is 0.317 e. The molecule has 0 spiro atoms. The number of carbonyl (C=O) groups excluding carboxylic acids is 2. The highest BCUT2D eigenvalue weighted by Gasteiger charge is 2.28. The monoisotopic (exact) mass is 289 g/mol. The van der Waals surface area contributed by atoms with Crippen LogP contribution in [0.25, 0.3) is 0 Å². The van der Waals surface area contributed by atoms with E-state index in [1.54, 1.807) is 4.90 Å². The first-order valence-corrected chi connectivity index (χ1v) is 7.47. The molecule has 114 valence electrons. The third-order valence-corrected chi connectivity index (χ3v) is 3.53. The summed E-state index contributed by atoms with van der Waals surface area (Å²) in [6.07, 6.45) is 1.68. The topological polar surface area (TPSA) is 61.4 Å². The number of carbonyl (C=O) groups is 2. The summed E-state index contributed by atoms with van der Waals surface area (Å²) in [6, 6.07) is 9.44. The van der Waals surface area contributed by atoms with Gasteiger partial charge in [-0.3, -0.25) is 4.79 Å². The molecule has 0 radical (unpaired) electrons. The van der Waals surface area contributed by atoms with Crippen LogP contribution in [0.3, 0.4) is 0 Å². The summed E-state index contributed by atoms with van der Waals surface area (Å²) >= 11 is 0. The molecule has 0 aliphatic carbocycles. The normalized spacial score (nSPS) is 18.4. The largest absolute Gasteiger partial charge is 0.336 e. The molecule has 1 aromatic rings. The molecule has 0 aromatic heterocycles. The van der Waals surface area contributed by atoms with Crippen LogP contribution in [0.4, 0.5) is 10.5 Å². The number of likely N-dealkylation sites (tertiary alicyclic amines) is 1. The van der Waals surface area contributed by atoms with Gasteiger partial charge in [-0.1, -0.05) is 18.2 Å². The zero-order valence-electron chi connectivity index (χ0n) is 12.6. The molecule has 5 heteroatoms. The molecule has 1 aromatic carbocycles. The van der Waals surface area contributed by atoms with Gasteiger partial charge in [-0.05, 0) is 38.8 Å². The second kappa shape index (κ2) is 7.11. The van der Waals surface area contributed by atoms with Crippen molar-refractivity contribution in [1.29, 1.82) is 0 Å². The zero-order valence-corrected chi connectivity index (χ0v) is 12.6. The Hall–Kier alpha value is -2.04. The number of urea groups is 1. The minimum absolute atomic E-state index is 0.0109. The number of nitrogens with zero attached hydrogens (tertiary/aromatic N) is 1. The molecule has 0 saturated carbocycles. The lowest BCUT2D eigenvalue weighted by Crippen LogP contribution is -2.49. The van der Waals surface area contributed by atoms with Gasteiger partial charge < -0.3 is 15.5 Å². The number of para-hydroxylation sites is 1. The first kappa shape index (κ1) is 15.4. The van der Waals surface area contributed by atoms with Gasteiger partial charge in [-0.2, -0.15) is 0 Å². The van der Waals surface area contributed by atoms with Gasteiger partial charge in [0.25, 0.3) is 0 Å². The minimum atomic E-state index is -0.142. The Labute approximate surface area is 125 Å². The van der Waals surface area contributed by atoms with Crippen LogP contribution in [0.5, 0.6) is 0 Å². The predicted octanol–water partition coefficient (Wildman–Crippen LogP) is 2.46. The van der Waals surface area contributed by atoms with E-state index in [2.05, 4.69) is 10.6 Å². The summed E-state index contributed by atoms with van der Waals surface area (Å²) < 4.78 is 0. The summed E-state index contributed by atoms with van der Waals surface area (Å²) in [5, 5.41) is 5.79. The lowest BCUT2D eigenvalue weighted by atomic mass is 9.97. The molecular weight excluding hydrogens is 266 g/mol. The van der Waals surface area contributed by atoms with E-state index in [0.29, 0.717) is 13.1 Å². The average Bonchev–Trinajstić information content (AvgIpc) is 2.47. The summed E-state index contributed by atoms with van der Waals surface area (Å²) in [4.78, 5) is 26.0. The van der Waals surface area contributed by atoms with E-state index >= 15 is 0 Å². The predicted molar refractivity (Wildman–Crippen MR) is 83.0 cm³/mol. The highest BCUT2D eigenvalue weighted by molar-refractivity contribution is 5.93. The fourth-order valence-corrected chi connectivity index (χ4v) is 2.48. The second-order valence-electron chi connectivity index (χ2n) is 5.74. The molecule has 2 rings (SSSR count). The Morgan fingerprint density at radius 1 is 1.24 bits per heavy atom. The van der Waals surface area contributed by atoms with Crippen molar-refractivity contribution in [1.82, 2.24) is 10.2 Å². The van der Waals surface area contributed by atoms with E-state index in [9.17, 15) is 9.59 Å². The van der Waals surface area contributed by atoms with Crippen molar-refractivity contribution in [3.05, 3.63) is 30.3 Å². The summed E-state index contributed by atoms with van der Waals surface area (Å²) in [6.45, 7) is 5.06. The summed E-state index contributed by atoms with van der Waals surface area (Å²) in [5.41, 5.74) is 0.797. The average molecular weight is 289 g/mol. The zero-order chi connectivity index (χ0) is 15.2. The van der Waals surface area contributed by atoms with Crippen LogP contribution in [-0.2, 0) is 4.79 Å². The molecule has 2 N–H and O–H groups in total. The molecule has 0 unspecified atom stereocenters. The van der Waals surface area contributed by atoms with E-state index < -0.39 is 0 Å². The van der Waals surface area contributed by atoms with Gasteiger partial charge in [0.05, 0.1) is 5.92 Å². The van der Waals surface area contributed by atoms with Gasteiger partial charge in [0, 0.05) is 24.8 Å². The second-order valence-corrected chi connectivity index (χ2v) is 5.74. The standard InChI is InChI=1S/C16H23N3O2/c1-12(2)17-16(21)19-10-6-7-13(11-19)15(20)18-14-8-4-3-5-9-14/h3-5,8-9,12-13H,6-7,10-11H2,1-2H3,(H,17,21)(H,18,20)/t13-/m0/s1. The lowest BCUT2D eigenvalue weighted by Gasteiger charge is -2.32. The Bertz CT molecular complexity index is 488. The van der Waals surface area contributed by atoms with E-state index in [4.69, 9.17) is 0 Å². The Balaban J connectivity index is 1.91. The first-order chi connectivity index (χ1) is 10.1. The number of anilines is 1. The fraction of sp³-hybridized carbons (Fsp3) is 0.500. The van der Waals surface area contributed by atoms with Crippen molar-refractivity contribution in [2.45, 2.75) is 32.7 Å². The third-order valence-electron chi connectivity index (χ3n) is 3.53. The maximum absolute atomic E-state index is 12.3. The molecule has 5 nitrogen and oxygen atoms in total. The number of nitrogens with one attached hydrogen (secondary N) is 2. The number of amides is 3. The minimum Gasteiger partial charge on any atom is -0.336 e. The molecule has 3 amide bonds. The summed E-state index contributed by atoms with van der Waals surface area (Å²) in [7, 11) is 0. The highest BCUT2D eigenvalue weighted by Crippen LogP contribution is 2.19. The molecule has 1 fully saturated rings. The smallest absolute Gasteiger partial charge is 0.317 e. The molecule has 1 atom stereocenters. The van der Waals surface area contributed by atoms with Crippen molar-refractivity contribution in [3.63, 3.8) is 0 Å². The maximum atomic E-state index is 12.3. The number of benzene rings is 1. The van der Waals surface area contributed by atoms with Crippen LogP contribution in [0, 0.1) is 5.92 Å². The van der Waals surface area contributed by atoms with Gasteiger partial charge in [-0.25, -0.2) is 4.79 Å². The van der Waals surface area contributed by atoms with Crippen LogP contribution in [0.15, 0.2) is 30.3 Å². The lowest BCUT2D eigenvalue weighted by molar-refractivity contribution is -0.121. The quantitative estimate of drug-likeness (QED) is 0.898. The van der Waals surface area contributed by atoms with Crippen molar-refractivity contribution < 1.29 is 9.59 Å². The van der Waals surface area contributed by atoms with Crippen molar-refractivity contribution in [2.75, 3.05) is 18.4 Å². The van der Waals surface area contributed by atoms with E-state index in [0.717, 1.165) is 18.5 Å². The molecule has 1 aliphatic heterocycles. The molecule has 1 saturated heterocycles. The number of piperidine rings is 1. The van der Waals surface area contributed by atoms with Crippen molar-refractivity contribution in [2.24, 2.45) is 5.92 Å². The number of hydrogen-bond donors (Lipinski definition) is 2. The van der Waals surface area contributed by atoms with E-state index in [-0.39, 0.29) is 23.9 Å². The SMILES string of the molecule is CC(C)NC(=O)N1CCC[C@H](C(=O)Nc2ccccc2)C1. The number of hydrogen-bond acceptors (Lipinski definition) is 2. The Morgan fingerprint density at radius 3 is 2.62 bits per heavy atom. The van der Waals surface area contributed by atoms with E-state index in [1.165, 1.54) is 0 Å². The van der Waals surface area contributed by atoms with Crippen LogP contribution in [-0.4, -0.2) is 36.0 Å². The molecule has 1 heterocycles. The van der Waals surface area contributed by atoms with Crippen LogP contribution in [0.1, 0.15) is 26.7 Å². The molecule has 0 bridgehead atoms. The summed E-state index contributed by atoms with van der Waals surface area (Å²) in [5.74, 6) is -0.153. The van der Waals surface area contributed by atoms with Gasteiger partial charge in [0.15, 0.2) is 0 Å². The van der Waals surface area contributed by atoms with Crippen LogP contribution < -0.4 is 10.6 Å². The van der Waals surface area contributed by atoms with Gasteiger partial charge in [0.2, 0.25) is 5.91 Å².